The number of para-hydroxylation sites is 2. The molecule has 0 saturated heterocycles. The minimum absolute atomic E-state index is 0.160. The van der Waals surface area contributed by atoms with Crippen molar-refractivity contribution in [3.63, 3.8) is 0 Å². The third-order valence-electron chi connectivity index (χ3n) is 4.46. The second kappa shape index (κ2) is 6.91. The number of hydrogen-bond donors (Lipinski definition) is 1. The van der Waals surface area contributed by atoms with Gasteiger partial charge in [-0.25, -0.2) is 4.57 Å². The molecule has 8 nitrogen and oxygen atoms in total. The Balaban J connectivity index is 1.71. The lowest BCUT2D eigenvalue weighted by atomic mass is 10.1. The van der Waals surface area contributed by atoms with Crippen molar-refractivity contribution in [3.05, 3.63) is 76.4 Å². The second-order valence-corrected chi connectivity index (χ2v) is 6.11. The summed E-state index contributed by atoms with van der Waals surface area (Å²) in [6.07, 6.45) is 3.65. The fourth-order valence-corrected chi connectivity index (χ4v) is 3.24. The molecule has 1 N–H and O–H groups in total. The quantitative estimate of drug-likeness (QED) is 0.194. The monoisotopic (exact) mass is 363 g/mol. The van der Waals surface area contributed by atoms with Crippen LogP contribution >= 0.6 is 0 Å². The Morgan fingerprint density at radius 2 is 1.70 bits per heavy atom. The van der Waals surface area contributed by atoms with Gasteiger partial charge >= 0.3 is 5.95 Å². The van der Waals surface area contributed by atoms with Crippen molar-refractivity contribution >= 4 is 27.8 Å². The molecule has 0 aliphatic rings. The average Bonchev–Trinajstić information content (AvgIpc) is 3.16. The molecule has 0 aliphatic heterocycles. The lowest BCUT2D eigenvalue weighted by Gasteiger charge is -2.10. The molecule has 27 heavy (non-hydrogen) atoms. The number of nitro groups is 1. The van der Waals surface area contributed by atoms with Crippen LogP contribution in [0.5, 0.6) is 0 Å². The van der Waals surface area contributed by atoms with Crippen molar-refractivity contribution in [1.82, 2.24) is 14.3 Å². The van der Waals surface area contributed by atoms with Gasteiger partial charge in [-0.15, -0.1) is 0 Å². The number of pyridine rings is 1. The minimum atomic E-state index is -0.491. The van der Waals surface area contributed by atoms with E-state index in [1.807, 2.05) is 48.5 Å². The molecule has 0 fully saturated rings. The molecule has 2 heterocycles. The summed E-state index contributed by atoms with van der Waals surface area (Å²) in [5.74, 6) is -0.160. The molecule has 0 radical (unpaired) electrons. The van der Waals surface area contributed by atoms with E-state index in [0.717, 1.165) is 16.1 Å². The van der Waals surface area contributed by atoms with E-state index in [1.165, 1.54) is 15.5 Å². The fourth-order valence-electron chi connectivity index (χ4n) is 3.24. The number of nitrogens with zero attached hydrogens (tertiary/aromatic N) is 5. The number of aryl methyl sites for hydroxylation is 1. The van der Waals surface area contributed by atoms with E-state index in [-0.39, 0.29) is 5.95 Å². The first-order valence-corrected chi connectivity index (χ1v) is 8.54. The summed E-state index contributed by atoms with van der Waals surface area (Å²) in [7, 11) is 0. The standard InChI is InChI=1S/C19H17N5O3/c25-23-16-8-3-1-6-14(16)18(15-7-2-4-9-17(15)23)20-10-5-12-22-13-11-21-19(22)24(26)27/h1-4,6-9,11,13,25H,5,10,12H2. The Morgan fingerprint density at radius 1 is 1.07 bits per heavy atom. The SMILES string of the molecule is O=[N+]([O-])c1nccn1CCCN=c1c2ccccc2n(O)c2ccccc12. The lowest BCUT2D eigenvalue weighted by Crippen LogP contribution is -2.12. The number of hydrogen-bond acceptors (Lipinski definition) is 5. The largest absolute Gasteiger partial charge is 0.434 e. The van der Waals surface area contributed by atoms with Crippen LogP contribution in [0.15, 0.2) is 65.9 Å². The van der Waals surface area contributed by atoms with Crippen molar-refractivity contribution < 1.29 is 10.1 Å². The van der Waals surface area contributed by atoms with Gasteiger partial charge in [0.15, 0.2) is 0 Å². The van der Waals surface area contributed by atoms with E-state index in [1.54, 1.807) is 6.20 Å². The zero-order valence-corrected chi connectivity index (χ0v) is 14.4. The highest BCUT2D eigenvalue weighted by molar-refractivity contribution is 5.92. The summed E-state index contributed by atoms with van der Waals surface area (Å²) >= 11 is 0. The van der Waals surface area contributed by atoms with Gasteiger partial charge in [-0.2, -0.15) is 4.73 Å². The zero-order chi connectivity index (χ0) is 18.8. The predicted octanol–water partition coefficient (Wildman–Crippen LogP) is 3.13. The molecule has 0 spiro atoms. The summed E-state index contributed by atoms with van der Waals surface area (Å²) < 4.78 is 2.69. The number of imidazole rings is 1. The summed E-state index contributed by atoms with van der Waals surface area (Å²) in [6, 6.07) is 15.1. The highest BCUT2D eigenvalue weighted by atomic mass is 16.6. The average molecular weight is 363 g/mol. The second-order valence-electron chi connectivity index (χ2n) is 6.11. The first-order chi connectivity index (χ1) is 13.2. The summed E-state index contributed by atoms with van der Waals surface area (Å²) in [5.41, 5.74) is 1.36. The molecule has 0 atom stereocenters. The van der Waals surface area contributed by atoms with E-state index >= 15 is 0 Å². The van der Waals surface area contributed by atoms with Gasteiger partial charge in [-0.05, 0) is 23.5 Å². The van der Waals surface area contributed by atoms with Crippen molar-refractivity contribution in [2.45, 2.75) is 13.0 Å². The van der Waals surface area contributed by atoms with E-state index < -0.39 is 4.92 Å². The number of aromatic nitrogens is 3. The van der Waals surface area contributed by atoms with Gasteiger partial charge in [0.05, 0.1) is 22.9 Å². The van der Waals surface area contributed by atoms with Crippen molar-refractivity contribution in [1.29, 1.82) is 0 Å². The van der Waals surface area contributed by atoms with Crippen molar-refractivity contribution in [2.75, 3.05) is 6.54 Å². The molecule has 0 saturated carbocycles. The molecule has 4 rings (SSSR count). The third kappa shape index (κ3) is 3.01. The summed E-state index contributed by atoms with van der Waals surface area (Å²) in [4.78, 5) is 18.9. The molecule has 136 valence electrons. The molecule has 4 aromatic rings. The van der Waals surface area contributed by atoms with Crippen LogP contribution in [0.2, 0.25) is 0 Å². The van der Waals surface area contributed by atoms with Crippen LogP contribution in [0.4, 0.5) is 5.95 Å². The van der Waals surface area contributed by atoms with Crippen LogP contribution in [0, 0.1) is 10.1 Å². The van der Waals surface area contributed by atoms with E-state index in [2.05, 4.69) is 4.98 Å². The Hall–Kier alpha value is -3.68. The normalized spacial score (nSPS) is 11.1. The summed E-state index contributed by atoms with van der Waals surface area (Å²) in [5, 5.41) is 24.0. The predicted molar refractivity (Wildman–Crippen MR) is 101 cm³/mol. The topological polar surface area (TPSA) is 98.5 Å². The van der Waals surface area contributed by atoms with Crippen LogP contribution in [-0.4, -0.2) is 31.0 Å². The Morgan fingerprint density at radius 3 is 2.33 bits per heavy atom. The smallest absolute Gasteiger partial charge is 0.428 e. The molecule has 8 heteroatoms. The van der Waals surface area contributed by atoms with Crippen LogP contribution < -0.4 is 5.36 Å². The van der Waals surface area contributed by atoms with E-state index in [9.17, 15) is 15.3 Å². The van der Waals surface area contributed by atoms with Gasteiger partial charge in [0.25, 0.3) is 0 Å². The van der Waals surface area contributed by atoms with Crippen molar-refractivity contribution in [2.24, 2.45) is 4.99 Å². The van der Waals surface area contributed by atoms with Crippen molar-refractivity contribution in [3.8, 4) is 0 Å². The molecule has 0 unspecified atom stereocenters. The van der Waals surface area contributed by atoms with Crippen LogP contribution in [0.3, 0.4) is 0 Å². The maximum atomic E-state index is 10.9. The lowest BCUT2D eigenvalue weighted by molar-refractivity contribution is -0.396. The molecule has 0 bridgehead atoms. The molecule has 2 aromatic carbocycles. The van der Waals surface area contributed by atoms with Crippen LogP contribution in [0.25, 0.3) is 21.8 Å². The highest BCUT2D eigenvalue weighted by Gasteiger charge is 2.13. The molecule has 0 aliphatic carbocycles. The Labute approximate surface area is 153 Å². The van der Waals surface area contributed by atoms with Gasteiger partial charge in [-0.1, -0.05) is 41.4 Å². The molecular weight excluding hydrogens is 346 g/mol. The maximum Gasteiger partial charge on any atom is 0.434 e. The minimum Gasteiger partial charge on any atom is -0.428 e. The van der Waals surface area contributed by atoms with E-state index in [4.69, 9.17) is 4.99 Å². The zero-order valence-electron chi connectivity index (χ0n) is 14.4. The van der Waals surface area contributed by atoms with Gasteiger partial charge in [-0.3, -0.25) is 4.99 Å². The van der Waals surface area contributed by atoms with Gasteiger partial charge in [0.2, 0.25) is 0 Å². The Kier molecular flexibility index (Phi) is 4.29. The molecular formula is C19H17N5O3. The van der Waals surface area contributed by atoms with Crippen LogP contribution in [-0.2, 0) is 6.54 Å². The fraction of sp³-hybridized carbons (Fsp3) is 0.158. The van der Waals surface area contributed by atoms with Gasteiger partial charge in [0, 0.05) is 17.3 Å². The maximum absolute atomic E-state index is 10.9. The first-order valence-electron chi connectivity index (χ1n) is 8.54. The van der Waals surface area contributed by atoms with Crippen LogP contribution in [0.1, 0.15) is 6.42 Å². The number of rotatable bonds is 5. The first kappa shape index (κ1) is 16.8. The van der Waals surface area contributed by atoms with Gasteiger partial charge < -0.3 is 15.3 Å². The van der Waals surface area contributed by atoms with Gasteiger partial charge in [0.1, 0.15) is 12.4 Å². The van der Waals surface area contributed by atoms with E-state index in [0.29, 0.717) is 30.5 Å². The third-order valence-corrected chi connectivity index (χ3v) is 4.46. The summed E-state index contributed by atoms with van der Waals surface area (Å²) in [6.45, 7) is 0.960. The number of fused-ring (bicyclic) bond motifs is 2. The highest BCUT2D eigenvalue weighted by Crippen LogP contribution is 2.17. The molecule has 2 aromatic heterocycles. The Bertz CT molecular complexity index is 1150. The number of benzene rings is 2. The molecule has 0 amide bonds.